The average Bonchev–Trinajstić information content (AvgIpc) is 3.10. The van der Waals surface area contributed by atoms with Crippen LogP contribution in [-0.4, -0.2) is 48.3 Å². The zero-order valence-corrected chi connectivity index (χ0v) is 17.2. The molecule has 2 saturated heterocycles. The highest BCUT2D eigenvalue weighted by molar-refractivity contribution is 5.91. The minimum Gasteiger partial charge on any atom is -0.354 e. The Hall–Kier alpha value is -3.15. The number of hydrogen-bond acceptors (Lipinski definition) is 3. The summed E-state index contributed by atoms with van der Waals surface area (Å²) in [6.07, 6.45) is 1.49. The van der Waals surface area contributed by atoms with E-state index in [2.05, 4.69) is 60.0 Å². The molecule has 2 aromatic rings. The minimum absolute atomic E-state index is 0.0245. The first kappa shape index (κ1) is 20.1. The normalized spacial score (nSPS) is 21.7. The number of benzene rings is 2. The molecule has 2 heterocycles. The second-order valence-electron chi connectivity index (χ2n) is 8.20. The van der Waals surface area contributed by atoms with Gasteiger partial charge in [0.1, 0.15) is 6.04 Å². The predicted octanol–water partition coefficient (Wildman–Crippen LogP) is 2.06. The molecule has 0 aromatic heterocycles. The van der Waals surface area contributed by atoms with Crippen LogP contribution < -0.4 is 10.6 Å². The lowest BCUT2D eigenvalue weighted by atomic mass is 9.95. The number of nitrogens with zero attached hydrogens (tertiary/aromatic N) is 1. The van der Waals surface area contributed by atoms with Crippen molar-refractivity contribution >= 4 is 17.7 Å². The molecule has 0 saturated carbocycles. The van der Waals surface area contributed by atoms with Crippen molar-refractivity contribution in [2.24, 2.45) is 5.92 Å². The molecule has 3 amide bonds. The van der Waals surface area contributed by atoms with Gasteiger partial charge in [-0.2, -0.15) is 0 Å². The first-order chi connectivity index (χ1) is 14.5. The van der Waals surface area contributed by atoms with Gasteiger partial charge in [-0.3, -0.25) is 14.4 Å². The molecule has 2 aliphatic rings. The number of carbonyl (C=O) groups excluding carboxylic acids is 3. The fraction of sp³-hybridized carbons (Fsp3) is 0.375. The molecule has 30 heavy (non-hydrogen) atoms. The number of aryl methyl sites for hydroxylation is 1. The molecule has 2 aromatic carbocycles. The van der Waals surface area contributed by atoms with E-state index in [1.165, 1.54) is 11.1 Å². The predicted molar refractivity (Wildman–Crippen MR) is 115 cm³/mol. The molecule has 0 aliphatic carbocycles. The average molecular weight is 405 g/mol. The van der Waals surface area contributed by atoms with Crippen molar-refractivity contribution in [3.8, 4) is 11.1 Å². The van der Waals surface area contributed by atoms with Gasteiger partial charge in [0, 0.05) is 26.1 Å². The number of nitrogens with one attached hydrogen (secondary N) is 2. The number of rotatable bonds is 4. The van der Waals surface area contributed by atoms with E-state index >= 15 is 0 Å². The summed E-state index contributed by atoms with van der Waals surface area (Å²) in [5.74, 6) is -0.498. The summed E-state index contributed by atoms with van der Waals surface area (Å²) in [4.78, 5) is 38.6. The zero-order chi connectivity index (χ0) is 21.1. The van der Waals surface area contributed by atoms with Gasteiger partial charge in [0.15, 0.2) is 0 Å². The molecule has 0 spiro atoms. The molecule has 2 aliphatic heterocycles. The Balaban J connectivity index is 1.44. The molecule has 2 N–H and O–H groups in total. The summed E-state index contributed by atoms with van der Waals surface area (Å²) in [5.41, 5.74) is 4.59. The van der Waals surface area contributed by atoms with Gasteiger partial charge < -0.3 is 15.5 Å². The Bertz CT molecular complexity index is 954. The lowest BCUT2D eigenvalue weighted by Gasteiger charge is -2.26. The molecule has 2 fully saturated rings. The molecule has 6 heteroatoms. The third kappa shape index (κ3) is 4.53. The first-order valence-electron chi connectivity index (χ1n) is 10.5. The maximum atomic E-state index is 12.8. The van der Waals surface area contributed by atoms with Crippen molar-refractivity contribution in [3.63, 3.8) is 0 Å². The second-order valence-corrected chi connectivity index (χ2v) is 8.20. The maximum Gasteiger partial charge on any atom is 0.245 e. The molecule has 6 nitrogen and oxygen atoms in total. The van der Waals surface area contributed by atoms with E-state index < -0.39 is 6.04 Å². The van der Waals surface area contributed by atoms with Gasteiger partial charge in [-0.15, -0.1) is 0 Å². The lowest BCUT2D eigenvalue weighted by Crippen LogP contribution is -2.46. The van der Waals surface area contributed by atoms with Crippen molar-refractivity contribution < 1.29 is 14.4 Å². The van der Waals surface area contributed by atoms with Crippen molar-refractivity contribution in [2.75, 3.05) is 19.6 Å². The van der Waals surface area contributed by atoms with Crippen LogP contribution in [0.2, 0.25) is 0 Å². The first-order valence-corrected chi connectivity index (χ1v) is 10.5. The molecular formula is C24H27N3O3. The van der Waals surface area contributed by atoms with E-state index in [1.807, 2.05) is 6.07 Å². The van der Waals surface area contributed by atoms with Gasteiger partial charge in [0.2, 0.25) is 17.7 Å². The van der Waals surface area contributed by atoms with Crippen LogP contribution in [-0.2, 0) is 20.8 Å². The van der Waals surface area contributed by atoms with E-state index in [0.717, 1.165) is 11.1 Å². The van der Waals surface area contributed by atoms with E-state index in [9.17, 15) is 14.4 Å². The van der Waals surface area contributed by atoms with Crippen LogP contribution in [0.3, 0.4) is 0 Å². The number of amides is 3. The maximum absolute atomic E-state index is 12.8. The van der Waals surface area contributed by atoms with Crippen LogP contribution in [0.4, 0.5) is 0 Å². The molecule has 0 radical (unpaired) electrons. The number of carbonyl (C=O) groups is 3. The van der Waals surface area contributed by atoms with Crippen LogP contribution in [0.5, 0.6) is 0 Å². The van der Waals surface area contributed by atoms with Crippen molar-refractivity contribution in [3.05, 3.63) is 59.7 Å². The third-order valence-corrected chi connectivity index (χ3v) is 5.89. The lowest BCUT2D eigenvalue weighted by molar-refractivity contribution is -0.135. The summed E-state index contributed by atoms with van der Waals surface area (Å²) in [6.45, 7) is 3.36. The Morgan fingerprint density at radius 1 is 1.10 bits per heavy atom. The monoisotopic (exact) mass is 405 g/mol. The van der Waals surface area contributed by atoms with E-state index in [1.54, 1.807) is 4.90 Å². The van der Waals surface area contributed by atoms with Crippen LogP contribution in [0, 0.1) is 12.8 Å². The van der Waals surface area contributed by atoms with Crippen molar-refractivity contribution in [1.29, 1.82) is 0 Å². The summed E-state index contributed by atoms with van der Waals surface area (Å²) in [5, 5.41) is 5.66. The van der Waals surface area contributed by atoms with E-state index in [4.69, 9.17) is 0 Å². The molecule has 4 rings (SSSR count). The fourth-order valence-corrected chi connectivity index (χ4v) is 4.22. The van der Waals surface area contributed by atoms with Crippen LogP contribution in [0.1, 0.15) is 24.0 Å². The van der Waals surface area contributed by atoms with E-state index in [-0.39, 0.29) is 23.6 Å². The summed E-state index contributed by atoms with van der Waals surface area (Å²) < 4.78 is 0. The summed E-state index contributed by atoms with van der Waals surface area (Å²) >= 11 is 0. The van der Waals surface area contributed by atoms with Crippen molar-refractivity contribution in [2.45, 2.75) is 32.2 Å². The smallest absolute Gasteiger partial charge is 0.245 e. The van der Waals surface area contributed by atoms with Gasteiger partial charge in [0.25, 0.3) is 0 Å². The number of hydrogen-bond donors (Lipinski definition) is 2. The second kappa shape index (κ2) is 8.69. The Morgan fingerprint density at radius 2 is 1.90 bits per heavy atom. The van der Waals surface area contributed by atoms with Crippen molar-refractivity contribution in [1.82, 2.24) is 15.5 Å². The summed E-state index contributed by atoms with van der Waals surface area (Å²) in [6, 6.07) is 16.2. The summed E-state index contributed by atoms with van der Waals surface area (Å²) in [7, 11) is 0. The molecular weight excluding hydrogens is 378 g/mol. The van der Waals surface area contributed by atoms with Gasteiger partial charge >= 0.3 is 0 Å². The van der Waals surface area contributed by atoms with Crippen LogP contribution in [0.15, 0.2) is 48.5 Å². The zero-order valence-electron chi connectivity index (χ0n) is 17.2. The minimum atomic E-state index is -0.458. The fourth-order valence-electron chi connectivity index (χ4n) is 4.22. The highest BCUT2D eigenvalue weighted by atomic mass is 16.2. The largest absolute Gasteiger partial charge is 0.354 e. The molecule has 0 bridgehead atoms. The quantitative estimate of drug-likeness (QED) is 0.817. The Labute approximate surface area is 176 Å². The van der Waals surface area contributed by atoms with E-state index in [0.29, 0.717) is 38.9 Å². The SMILES string of the molecule is Cc1cccc(-c2ccc(C[C@@H]3CN(C(=O)[C@@H]4CCC(=O)N4)CCNC3=O)cc2)c1. The Morgan fingerprint density at radius 3 is 2.60 bits per heavy atom. The Kier molecular flexibility index (Phi) is 5.84. The highest BCUT2D eigenvalue weighted by Crippen LogP contribution is 2.22. The molecule has 2 atom stereocenters. The highest BCUT2D eigenvalue weighted by Gasteiger charge is 2.34. The van der Waals surface area contributed by atoms with Gasteiger partial charge in [-0.25, -0.2) is 0 Å². The molecule has 156 valence electrons. The third-order valence-electron chi connectivity index (χ3n) is 5.89. The molecule has 0 unspecified atom stereocenters. The standard InChI is InChI=1S/C24H27N3O3/c1-16-3-2-4-19(13-16)18-7-5-17(6-8-18)14-20-15-27(12-11-25-23(20)29)24(30)21-9-10-22(28)26-21/h2-8,13,20-21H,9-12,14-15H2,1H3,(H,25,29)(H,26,28)/t20-,21+/m1/s1. The van der Waals surface area contributed by atoms with Gasteiger partial charge in [-0.1, -0.05) is 54.1 Å². The van der Waals surface area contributed by atoms with Crippen LogP contribution >= 0.6 is 0 Å². The van der Waals surface area contributed by atoms with Crippen LogP contribution in [0.25, 0.3) is 11.1 Å². The van der Waals surface area contributed by atoms with Gasteiger partial charge in [0.05, 0.1) is 5.92 Å². The van der Waals surface area contributed by atoms with Gasteiger partial charge in [-0.05, 0) is 36.5 Å². The topological polar surface area (TPSA) is 78.5 Å².